The minimum Gasteiger partial charge on any atom is -0.272 e. The average molecular weight is 208 g/mol. The Morgan fingerprint density at radius 3 is 1.67 bits per heavy atom. The van der Waals surface area contributed by atoms with Crippen molar-refractivity contribution in [2.24, 2.45) is 22.0 Å². The molecule has 0 aromatic rings. The van der Waals surface area contributed by atoms with Crippen molar-refractivity contribution in [2.45, 2.75) is 20.3 Å². The lowest BCUT2D eigenvalue weighted by atomic mass is 9.89. The van der Waals surface area contributed by atoms with Crippen LogP contribution in [-0.2, 0) is 9.59 Å². The molecule has 2 heterocycles. The zero-order valence-electron chi connectivity index (χ0n) is 8.57. The number of carbonyl (C=O) groups excluding carboxylic acids is 2. The third-order valence-corrected chi connectivity index (χ3v) is 2.80. The van der Waals surface area contributed by atoms with Crippen LogP contribution in [0.4, 0.5) is 0 Å². The molecule has 2 N–H and O–H groups in total. The Bertz CT molecular complexity index is 350. The van der Waals surface area contributed by atoms with Crippen LogP contribution in [0.2, 0.25) is 0 Å². The van der Waals surface area contributed by atoms with Crippen molar-refractivity contribution in [1.82, 2.24) is 10.9 Å². The van der Waals surface area contributed by atoms with Crippen molar-refractivity contribution in [3.05, 3.63) is 0 Å². The summed E-state index contributed by atoms with van der Waals surface area (Å²) in [6.07, 6.45) is 0.447. The van der Waals surface area contributed by atoms with Crippen molar-refractivity contribution in [1.29, 1.82) is 0 Å². The predicted molar refractivity (Wildman–Crippen MR) is 54.1 cm³/mol. The molecule has 0 saturated carbocycles. The van der Waals surface area contributed by atoms with E-state index in [9.17, 15) is 9.59 Å². The molecule has 2 aliphatic heterocycles. The lowest BCUT2D eigenvalue weighted by Crippen LogP contribution is -2.30. The van der Waals surface area contributed by atoms with Crippen molar-refractivity contribution in [3.8, 4) is 0 Å². The zero-order valence-corrected chi connectivity index (χ0v) is 8.57. The van der Waals surface area contributed by atoms with Crippen LogP contribution in [0.15, 0.2) is 10.2 Å². The summed E-state index contributed by atoms with van der Waals surface area (Å²) in [5.74, 6) is -0.881. The summed E-state index contributed by atoms with van der Waals surface area (Å²) in [6.45, 7) is 3.56. The first-order chi connectivity index (χ1) is 7.09. The van der Waals surface area contributed by atoms with Gasteiger partial charge in [-0.3, -0.25) is 9.59 Å². The Labute approximate surface area is 86.8 Å². The van der Waals surface area contributed by atoms with Crippen molar-refractivity contribution in [2.75, 3.05) is 0 Å². The summed E-state index contributed by atoms with van der Waals surface area (Å²) >= 11 is 0. The summed E-state index contributed by atoms with van der Waals surface area (Å²) in [7, 11) is 0. The Kier molecular flexibility index (Phi) is 2.26. The zero-order chi connectivity index (χ0) is 11.0. The highest BCUT2D eigenvalue weighted by molar-refractivity contribution is 6.10. The van der Waals surface area contributed by atoms with Crippen LogP contribution in [0.25, 0.3) is 0 Å². The molecular weight excluding hydrogens is 196 g/mol. The van der Waals surface area contributed by atoms with E-state index >= 15 is 0 Å². The quantitative estimate of drug-likeness (QED) is 0.648. The van der Waals surface area contributed by atoms with Gasteiger partial charge in [-0.15, -0.1) is 0 Å². The summed E-state index contributed by atoms with van der Waals surface area (Å²) < 4.78 is 0. The molecule has 0 unspecified atom stereocenters. The largest absolute Gasteiger partial charge is 0.272 e. The topological polar surface area (TPSA) is 82.9 Å². The standard InChI is InChI=1S/C9H12N4O2/c1-4-6(8(14)12-10-4)3-7-5(2)11-13-9(7)15/h6-7H,3H2,1-2H3,(H,12,14)(H,13,15)/t6-,7+. The van der Waals surface area contributed by atoms with Gasteiger partial charge in [0.2, 0.25) is 11.8 Å². The molecular formula is C9H12N4O2. The average Bonchev–Trinajstić information content (AvgIpc) is 2.67. The second-order valence-electron chi connectivity index (χ2n) is 3.80. The van der Waals surface area contributed by atoms with Gasteiger partial charge in [-0.25, -0.2) is 10.9 Å². The molecule has 0 aliphatic carbocycles. The highest BCUT2D eigenvalue weighted by Crippen LogP contribution is 2.21. The smallest absolute Gasteiger partial charge is 0.248 e. The van der Waals surface area contributed by atoms with E-state index in [1.807, 2.05) is 0 Å². The van der Waals surface area contributed by atoms with Crippen LogP contribution in [0, 0.1) is 11.8 Å². The highest BCUT2D eigenvalue weighted by Gasteiger charge is 2.35. The number of nitrogens with one attached hydrogen (secondary N) is 2. The monoisotopic (exact) mass is 208 g/mol. The van der Waals surface area contributed by atoms with E-state index < -0.39 is 0 Å². The first-order valence-corrected chi connectivity index (χ1v) is 4.77. The van der Waals surface area contributed by atoms with Gasteiger partial charge < -0.3 is 0 Å². The Morgan fingerprint density at radius 1 is 1.00 bits per heavy atom. The van der Waals surface area contributed by atoms with Gasteiger partial charge in [0.15, 0.2) is 0 Å². The summed E-state index contributed by atoms with van der Waals surface area (Å²) in [4.78, 5) is 22.8. The first kappa shape index (κ1) is 9.82. The number of carbonyl (C=O) groups is 2. The van der Waals surface area contributed by atoms with Crippen LogP contribution < -0.4 is 10.9 Å². The van der Waals surface area contributed by atoms with Crippen LogP contribution in [0.5, 0.6) is 0 Å². The van der Waals surface area contributed by atoms with E-state index in [4.69, 9.17) is 0 Å². The molecule has 6 heteroatoms. The van der Waals surface area contributed by atoms with Gasteiger partial charge in [0.25, 0.3) is 0 Å². The molecule has 0 spiro atoms. The van der Waals surface area contributed by atoms with Gasteiger partial charge in [-0.2, -0.15) is 10.2 Å². The molecule has 6 nitrogen and oxygen atoms in total. The van der Waals surface area contributed by atoms with Crippen molar-refractivity contribution >= 4 is 23.2 Å². The molecule has 2 atom stereocenters. The van der Waals surface area contributed by atoms with Gasteiger partial charge in [-0.1, -0.05) is 0 Å². The fourth-order valence-corrected chi connectivity index (χ4v) is 1.77. The van der Waals surface area contributed by atoms with Crippen LogP contribution in [0.3, 0.4) is 0 Å². The molecule has 0 bridgehead atoms. The van der Waals surface area contributed by atoms with Crippen molar-refractivity contribution in [3.63, 3.8) is 0 Å². The van der Waals surface area contributed by atoms with E-state index in [0.29, 0.717) is 6.42 Å². The molecule has 2 amide bonds. The summed E-state index contributed by atoms with van der Waals surface area (Å²) in [6, 6.07) is 0. The third-order valence-electron chi connectivity index (χ3n) is 2.80. The van der Waals surface area contributed by atoms with E-state index in [1.165, 1.54) is 0 Å². The predicted octanol–water partition coefficient (Wildman–Crippen LogP) is -0.380. The maximum atomic E-state index is 11.4. The molecule has 0 radical (unpaired) electrons. The molecule has 80 valence electrons. The maximum Gasteiger partial charge on any atom is 0.248 e. The van der Waals surface area contributed by atoms with Gasteiger partial charge in [0, 0.05) is 11.4 Å². The fourth-order valence-electron chi connectivity index (χ4n) is 1.77. The molecule has 0 saturated heterocycles. The third kappa shape index (κ3) is 1.62. The number of amides is 2. The number of hydrogen-bond acceptors (Lipinski definition) is 4. The molecule has 0 fully saturated rings. The Hall–Kier alpha value is -1.72. The minimum absolute atomic E-state index is 0.139. The highest BCUT2D eigenvalue weighted by atomic mass is 16.2. The van der Waals surface area contributed by atoms with Crippen molar-refractivity contribution < 1.29 is 9.59 Å². The van der Waals surface area contributed by atoms with Crippen LogP contribution in [-0.4, -0.2) is 23.2 Å². The second-order valence-corrected chi connectivity index (χ2v) is 3.80. The summed E-state index contributed by atoms with van der Waals surface area (Å²) in [5.41, 5.74) is 6.26. The van der Waals surface area contributed by atoms with Gasteiger partial charge >= 0.3 is 0 Å². The Morgan fingerprint density at radius 2 is 1.40 bits per heavy atom. The Balaban J connectivity index is 2.09. The van der Waals surface area contributed by atoms with Crippen LogP contribution in [0.1, 0.15) is 20.3 Å². The molecule has 2 aliphatic rings. The number of nitrogens with zero attached hydrogens (tertiary/aromatic N) is 2. The SMILES string of the molecule is CC1=NNC(=O)[C@H]1C[C@H]1C(=O)NN=C1C. The lowest BCUT2D eigenvalue weighted by Gasteiger charge is -2.11. The number of hydrazone groups is 2. The van der Waals surface area contributed by atoms with Gasteiger partial charge in [0.05, 0.1) is 11.8 Å². The molecule has 0 aromatic carbocycles. The van der Waals surface area contributed by atoms with E-state index in [-0.39, 0.29) is 23.7 Å². The minimum atomic E-state index is -0.302. The first-order valence-electron chi connectivity index (χ1n) is 4.77. The van der Waals surface area contributed by atoms with E-state index in [1.54, 1.807) is 13.8 Å². The van der Waals surface area contributed by atoms with Crippen LogP contribution >= 0.6 is 0 Å². The molecule has 15 heavy (non-hydrogen) atoms. The van der Waals surface area contributed by atoms with Gasteiger partial charge in [-0.05, 0) is 20.3 Å². The van der Waals surface area contributed by atoms with E-state index in [2.05, 4.69) is 21.1 Å². The summed E-state index contributed by atoms with van der Waals surface area (Å²) in [5, 5.41) is 7.67. The number of rotatable bonds is 2. The van der Waals surface area contributed by atoms with Gasteiger partial charge in [0.1, 0.15) is 0 Å². The maximum absolute atomic E-state index is 11.4. The lowest BCUT2D eigenvalue weighted by molar-refractivity contribution is -0.124. The number of hydrogen-bond donors (Lipinski definition) is 2. The second kappa shape index (κ2) is 3.45. The molecule has 2 rings (SSSR count). The molecule has 0 aromatic heterocycles. The van der Waals surface area contributed by atoms with E-state index in [0.717, 1.165) is 11.4 Å². The fraction of sp³-hybridized carbons (Fsp3) is 0.556. The normalized spacial score (nSPS) is 29.7.